The van der Waals surface area contributed by atoms with Gasteiger partial charge in [-0.2, -0.15) is 0 Å². The van der Waals surface area contributed by atoms with Crippen LogP contribution in [0.1, 0.15) is 57.1 Å². The van der Waals surface area contributed by atoms with Gasteiger partial charge in [0.15, 0.2) is 0 Å². The number of carboxylic acids is 1. The van der Waals surface area contributed by atoms with E-state index in [1.54, 1.807) is 67.6 Å². The summed E-state index contributed by atoms with van der Waals surface area (Å²) in [5, 5.41) is 41.5. The molecule has 2 aliphatic heterocycles. The minimum Gasteiger partial charge on any atom is -0.480 e. The van der Waals surface area contributed by atoms with Gasteiger partial charge in [0, 0.05) is 25.9 Å². The largest absolute Gasteiger partial charge is 0.480 e. The van der Waals surface area contributed by atoms with Crippen LogP contribution in [0.15, 0.2) is 60.7 Å². The molecule has 2 fully saturated rings. The molecule has 0 saturated carbocycles. The van der Waals surface area contributed by atoms with Crippen LogP contribution >= 0.6 is 0 Å². The van der Waals surface area contributed by atoms with E-state index in [2.05, 4.69) is 26.6 Å². The first kappa shape index (κ1) is 47.8. The van der Waals surface area contributed by atoms with E-state index >= 15 is 0 Å². The lowest BCUT2D eigenvalue weighted by atomic mass is 9.99. The van der Waals surface area contributed by atoms with Crippen molar-refractivity contribution in [1.82, 2.24) is 36.4 Å². The Labute approximate surface area is 354 Å². The van der Waals surface area contributed by atoms with Crippen molar-refractivity contribution in [3.05, 3.63) is 71.8 Å². The SMILES string of the molecule is CCC(C)C(N)C(=O)NC(CO)C(=O)NC(CO)C(=O)NC(Cc1ccccc1)C(=O)NC(Cc1ccccc1)C(=O)N1CCCC1C(=O)N1CCCC1C(=O)NCC(=O)O. The number of nitrogens with zero attached hydrogens (tertiary/aromatic N) is 2. The number of nitrogens with two attached hydrogens (primary N) is 1. The summed E-state index contributed by atoms with van der Waals surface area (Å²) in [6.45, 7) is 1.63. The summed E-state index contributed by atoms with van der Waals surface area (Å²) < 4.78 is 0. The van der Waals surface area contributed by atoms with E-state index in [4.69, 9.17) is 10.8 Å². The van der Waals surface area contributed by atoms with Crippen LogP contribution in [0.2, 0.25) is 0 Å². The third-order valence-corrected chi connectivity index (χ3v) is 11.1. The first-order chi connectivity index (χ1) is 29.2. The Morgan fingerprint density at radius 2 is 1.13 bits per heavy atom. The lowest BCUT2D eigenvalue weighted by molar-refractivity contribution is -0.148. The van der Waals surface area contributed by atoms with Gasteiger partial charge in [-0.05, 0) is 42.7 Å². The Morgan fingerprint density at radius 1 is 0.672 bits per heavy atom. The van der Waals surface area contributed by atoms with E-state index in [1.807, 2.05) is 6.92 Å². The van der Waals surface area contributed by atoms with Crippen LogP contribution in [-0.4, -0.2) is 148 Å². The molecule has 4 rings (SSSR count). The average molecular weight is 851 g/mol. The minimum atomic E-state index is -1.63. The number of amides is 7. The number of carbonyl (C=O) groups excluding carboxylic acids is 7. The molecular weight excluding hydrogens is 793 g/mol. The zero-order valence-electron chi connectivity index (χ0n) is 34.5. The van der Waals surface area contributed by atoms with Gasteiger partial charge in [0.2, 0.25) is 41.4 Å². The lowest BCUT2D eigenvalue weighted by Gasteiger charge is -2.33. The summed E-state index contributed by atoms with van der Waals surface area (Å²) in [6.07, 6.45) is 2.09. The third-order valence-electron chi connectivity index (χ3n) is 11.1. The van der Waals surface area contributed by atoms with Gasteiger partial charge in [-0.25, -0.2) is 0 Å². The van der Waals surface area contributed by atoms with E-state index in [0.717, 1.165) is 0 Å². The normalized spacial score (nSPS) is 19.0. The van der Waals surface area contributed by atoms with Crippen molar-refractivity contribution in [3.8, 4) is 0 Å². The summed E-state index contributed by atoms with van der Waals surface area (Å²) in [5.74, 6) is -6.55. The Kier molecular flexibility index (Phi) is 18.1. The molecular formula is C42H58N8O11. The van der Waals surface area contributed by atoms with Gasteiger partial charge in [0.1, 0.15) is 42.8 Å². The highest BCUT2D eigenvalue weighted by Gasteiger charge is 2.44. The second-order valence-corrected chi connectivity index (χ2v) is 15.4. The third kappa shape index (κ3) is 13.3. The van der Waals surface area contributed by atoms with E-state index in [0.29, 0.717) is 43.2 Å². The number of aliphatic carboxylic acids is 1. The summed E-state index contributed by atoms with van der Waals surface area (Å²) in [7, 11) is 0. The second-order valence-electron chi connectivity index (χ2n) is 15.4. The van der Waals surface area contributed by atoms with Gasteiger partial charge in [-0.1, -0.05) is 80.9 Å². The molecule has 0 aliphatic carbocycles. The number of rotatable bonds is 21. The van der Waals surface area contributed by atoms with Crippen molar-refractivity contribution in [2.24, 2.45) is 11.7 Å². The van der Waals surface area contributed by atoms with Crippen LogP contribution in [0.4, 0.5) is 0 Å². The first-order valence-electron chi connectivity index (χ1n) is 20.6. The zero-order valence-corrected chi connectivity index (χ0v) is 34.5. The van der Waals surface area contributed by atoms with Gasteiger partial charge in [0.25, 0.3) is 0 Å². The highest BCUT2D eigenvalue weighted by molar-refractivity contribution is 5.98. The predicted molar refractivity (Wildman–Crippen MR) is 220 cm³/mol. The van der Waals surface area contributed by atoms with Crippen molar-refractivity contribution in [1.29, 1.82) is 0 Å². The highest BCUT2D eigenvalue weighted by atomic mass is 16.4. The fourth-order valence-electron chi connectivity index (χ4n) is 7.36. The number of nitrogens with one attached hydrogen (secondary N) is 5. The fraction of sp³-hybridized carbons (Fsp3) is 0.524. The number of likely N-dealkylation sites (tertiary alicyclic amines) is 2. The lowest BCUT2D eigenvalue weighted by Crippen LogP contribution is -2.61. The molecule has 0 aromatic heterocycles. The van der Waals surface area contributed by atoms with Gasteiger partial charge in [-0.3, -0.25) is 38.4 Å². The molecule has 2 saturated heterocycles. The van der Waals surface area contributed by atoms with Crippen LogP contribution in [0.25, 0.3) is 0 Å². The maximum Gasteiger partial charge on any atom is 0.322 e. The molecule has 8 unspecified atom stereocenters. The molecule has 0 radical (unpaired) electrons. The van der Waals surface area contributed by atoms with Crippen molar-refractivity contribution >= 4 is 47.3 Å². The quantitative estimate of drug-likeness (QED) is 0.0657. The molecule has 19 heteroatoms. The van der Waals surface area contributed by atoms with Gasteiger partial charge in [-0.15, -0.1) is 0 Å². The Balaban J connectivity index is 1.55. The Hall–Kier alpha value is -5.92. The summed E-state index contributed by atoms with van der Waals surface area (Å²) in [4.78, 5) is 109. The maximum atomic E-state index is 14.5. The average Bonchev–Trinajstić information content (AvgIpc) is 3.97. The molecule has 19 nitrogen and oxygen atoms in total. The number of carboxylic acid groups (broad SMARTS) is 1. The van der Waals surface area contributed by atoms with Crippen LogP contribution < -0.4 is 32.3 Å². The van der Waals surface area contributed by atoms with E-state index < -0.39 is 109 Å². The Bertz CT molecular complexity index is 1850. The summed E-state index contributed by atoms with van der Waals surface area (Å²) >= 11 is 0. The van der Waals surface area contributed by atoms with Crippen LogP contribution in [0.5, 0.6) is 0 Å². The molecule has 332 valence electrons. The number of aliphatic hydroxyl groups is 2. The molecule has 0 bridgehead atoms. The van der Waals surface area contributed by atoms with E-state index in [9.17, 15) is 48.6 Å². The van der Waals surface area contributed by atoms with Crippen molar-refractivity contribution in [3.63, 3.8) is 0 Å². The smallest absolute Gasteiger partial charge is 0.322 e. The number of hydrogen-bond donors (Lipinski definition) is 9. The minimum absolute atomic E-state index is 0.00302. The van der Waals surface area contributed by atoms with Gasteiger partial charge < -0.3 is 57.4 Å². The first-order valence-corrected chi connectivity index (χ1v) is 20.6. The number of hydrogen-bond acceptors (Lipinski definition) is 11. The van der Waals surface area contributed by atoms with Crippen LogP contribution in [-0.2, 0) is 51.2 Å². The molecule has 61 heavy (non-hydrogen) atoms. The fourth-order valence-corrected chi connectivity index (χ4v) is 7.36. The molecule has 2 aromatic rings. The number of carbonyl (C=O) groups is 8. The van der Waals surface area contributed by atoms with Crippen LogP contribution in [0.3, 0.4) is 0 Å². The van der Waals surface area contributed by atoms with Crippen molar-refractivity contribution in [2.75, 3.05) is 32.8 Å². The van der Waals surface area contributed by atoms with E-state index in [-0.39, 0.29) is 31.8 Å². The second kappa shape index (κ2) is 23.2. The number of benzene rings is 2. The zero-order chi connectivity index (χ0) is 44.6. The highest BCUT2D eigenvalue weighted by Crippen LogP contribution is 2.26. The number of aliphatic hydroxyl groups excluding tert-OH is 2. The van der Waals surface area contributed by atoms with Crippen molar-refractivity contribution < 1.29 is 53.7 Å². The summed E-state index contributed by atoms with van der Waals surface area (Å²) in [6, 6.07) is 8.92. The topological polar surface area (TPSA) is 290 Å². The van der Waals surface area contributed by atoms with Crippen LogP contribution in [0, 0.1) is 5.92 Å². The monoisotopic (exact) mass is 850 g/mol. The van der Waals surface area contributed by atoms with Gasteiger partial charge >= 0.3 is 5.97 Å². The molecule has 10 N–H and O–H groups in total. The summed E-state index contributed by atoms with van der Waals surface area (Å²) in [5.41, 5.74) is 7.27. The Morgan fingerprint density at radius 3 is 1.66 bits per heavy atom. The molecule has 0 spiro atoms. The van der Waals surface area contributed by atoms with E-state index in [1.165, 1.54) is 9.80 Å². The van der Waals surface area contributed by atoms with Gasteiger partial charge in [0.05, 0.1) is 19.3 Å². The van der Waals surface area contributed by atoms with Crippen molar-refractivity contribution in [2.45, 2.75) is 101 Å². The molecule has 2 aromatic carbocycles. The molecule has 2 aliphatic rings. The predicted octanol–water partition coefficient (Wildman–Crippen LogP) is -2.05. The molecule has 2 heterocycles. The standard InChI is InChI=1S/C42H58N8O11/c1-3-25(2)35(43)40(59)48-31(24-52)38(57)47-30(23-51)37(56)45-28(20-26-12-6-4-7-13-26)36(55)46-29(21-27-14-8-5-9-15-27)41(60)50-19-11-17-33(50)42(61)49-18-10-16-32(49)39(58)44-22-34(53)54/h4-9,12-15,25,28-33,35,51-52H,3,10-11,16-24,43H2,1-2H3,(H,44,58)(H,45,56)(H,46,55)(H,47,57)(H,48,59)(H,53,54). The maximum absolute atomic E-state index is 14.5. The molecule has 8 atom stereocenters. The molecule has 7 amide bonds.